The number of rotatable bonds is 8. The highest BCUT2D eigenvalue weighted by Crippen LogP contribution is 2.18. The van der Waals surface area contributed by atoms with E-state index in [1.54, 1.807) is 0 Å². The Morgan fingerprint density at radius 3 is 2.26 bits per heavy atom. The maximum absolute atomic E-state index is 3.48. The predicted octanol–water partition coefficient (Wildman–Crippen LogP) is 4.06. The van der Waals surface area contributed by atoms with Crippen LogP contribution in [0, 0.1) is 5.92 Å². The number of nitrogens with one attached hydrogen (secondary N) is 1. The van der Waals surface area contributed by atoms with Crippen LogP contribution in [-0.2, 0) is 6.54 Å². The van der Waals surface area contributed by atoms with Crippen molar-refractivity contribution in [1.82, 2.24) is 5.32 Å². The van der Waals surface area contributed by atoms with E-state index < -0.39 is 0 Å². The van der Waals surface area contributed by atoms with Gasteiger partial charge in [-0.3, -0.25) is 0 Å². The zero-order valence-electron chi connectivity index (χ0n) is 13.2. The summed E-state index contributed by atoms with van der Waals surface area (Å²) in [6.07, 6.45) is 2.48. The van der Waals surface area contributed by atoms with E-state index in [2.05, 4.69) is 69.2 Å². The highest BCUT2D eigenvalue weighted by molar-refractivity contribution is 5.47. The molecule has 0 fully saturated rings. The van der Waals surface area contributed by atoms with Gasteiger partial charge in [0.2, 0.25) is 0 Å². The molecule has 0 saturated heterocycles. The average molecular weight is 262 g/mol. The van der Waals surface area contributed by atoms with Crippen LogP contribution in [0.5, 0.6) is 0 Å². The molecule has 2 heteroatoms. The van der Waals surface area contributed by atoms with Gasteiger partial charge >= 0.3 is 0 Å². The van der Waals surface area contributed by atoms with Crippen LogP contribution < -0.4 is 10.2 Å². The van der Waals surface area contributed by atoms with Crippen molar-refractivity contribution >= 4 is 5.69 Å². The fourth-order valence-electron chi connectivity index (χ4n) is 2.22. The molecule has 0 spiro atoms. The van der Waals surface area contributed by atoms with E-state index in [0.29, 0.717) is 12.0 Å². The highest BCUT2D eigenvalue weighted by atomic mass is 15.1. The molecule has 0 bridgehead atoms. The maximum Gasteiger partial charge on any atom is 0.0366 e. The lowest BCUT2D eigenvalue weighted by molar-refractivity contribution is 0.552. The fourth-order valence-corrected chi connectivity index (χ4v) is 2.22. The molecule has 1 rings (SSSR count). The number of benzene rings is 1. The van der Waals surface area contributed by atoms with Gasteiger partial charge in [-0.2, -0.15) is 0 Å². The van der Waals surface area contributed by atoms with Gasteiger partial charge in [0.05, 0.1) is 0 Å². The Morgan fingerprint density at radius 2 is 1.74 bits per heavy atom. The minimum absolute atomic E-state index is 0.606. The topological polar surface area (TPSA) is 15.3 Å². The van der Waals surface area contributed by atoms with Crippen molar-refractivity contribution in [2.75, 3.05) is 18.5 Å². The van der Waals surface area contributed by atoms with Gasteiger partial charge in [0, 0.05) is 25.3 Å². The summed E-state index contributed by atoms with van der Waals surface area (Å²) in [6.45, 7) is 11.1. The Labute approximate surface area is 119 Å². The van der Waals surface area contributed by atoms with Gasteiger partial charge in [0.15, 0.2) is 0 Å². The molecule has 0 saturated carbocycles. The van der Waals surface area contributed by atoms with Crippen molar-refractivity contribution < 1.29 is 0 Å². The molecule has 0 aliphatic heterocycles. The molecular weight excluding hydrogens is 232 g/mol. The molecule has 0 aliphatic carbocycles. The average Bonchev–Trinajstić information content (AvgIpc) is 2.38. The van der Waals surface area contributed by atoms with E-state index in [0.717, 1.165) is 13.1 Å². The van der Waals surface area contributed by atoms with Crippen molar-refractivity contribution in [3.8, 4) is 0 Å². The Morgan fingerprint density at radius 1 is 1.11 bits per heavy atom. The van der Waals surface area contributed by atoms with E-state index in [1.807, 2.05) is 0 Å². The third-order valence-corrected chi connectivity index (χ3v) is 3.59. The molecule has 0 radical (unpaired) electrons. The van der Waals surface area contributed by atoms with E-state index in [9.17, 15) is 0 Å². The van der Waals surface area contributed by atoms with Gasteiger partial charge in [0.25, 0.3) is 0 Å². The zero-order valence-corrected chi connectivity index (χ0v) is 13.2. The SMILES string of the molecule is CCCC(C)N(C)c1ccc(CNCC(C)C)cc1. The van der Waals surface area contributed by atoms with Crippen LogP contribution in [0.25, 0.3) is 0 Å². The van der Waals surface area contributed by atoms with Crippen molar-refractivity contribution in [2.45, 2.75) is 53.1 Å². The Balaban J connectivity index is 2.51. The van der Waals surface area contributed by atoms with Crippen LogP contribution in [0.15, 0.2) is 24.3 Å². The van der Waals surface area contributed by atoms with Crippen LogP contribution >= 0.6 is 0 Å². The van der Waals surface area contributed by atoms with Crippen molar-refractivity contribution in [3.63, 3.8) is 0 Å². The standard InChI is InChI=1S/C17H30N2/c1-6-7-15(4)19(5)17-10-8-16(9-11-17)13-18-12-14(2)3/h8-11,14-15,18H,6-7,12-13H2,1-5H3. The molecule has 1 N–H and O–H groups in total. The normalized spacial score (nSPS) is 12.7. The number of hydrogen-bond acceptors (Lipinski definition) is 2. The summed E-state index contributed by atoms with van der Waals surface area (Å²) >= 11 is 0. The molecule has 19 heavy (non-hydrogen) atoms. The van der Waals surface area contributed by atoms with Crippen LogP contribution in [-0.4, -0.2) is 19.6 Å². The van der Waals surface area contributed by atoms with Crippen molar-refractivity contribution in [1.29, 1.82) is 0 Å². The predicted molar refractivity (Wildman–Crippen MR) is 85.8 cm³/mol. The first kappa shape index (κ1) is 16.0. The first-order valence-electron chi connectivity index (χ1n) is 7.57. The second-order valence-electron chi connectivity index (χ2n) is 5.94. The molecule has 1 aromatic carbocycles. The Bertz CT molecular complexity index is 343. The van der Waals surface area contributed by atoms with Gasteiger partial charge in [0.1, 0.15) is 0 Å². The monoisotopic (exact) mass is 262 g/mol. The Hall–Kier alpha value is -1.02. The number of hydrogen-bond donors (Lipinski definition) is 1. The van der Waals surface area contributed by atoms with E-state index in [1.165, 1.54) is 24.1 Å². The van der Waals surface area contributed by atoms with Gasteiger partial charge in [-0.25, -0.2) is 0 Å². The number of nitrogens with zero attached hydrogens (tertiary/aromatic N) is 1. The first-order valence-corrected chi connectivity index (χ1v) is 7.57. The minimum atomic E-state index is 0.606. The summed E-state index contributed by atoms with van der Waals surface area (Å²) < 4.78 is 0. The molecule has 0 heterocycles. The van der Waals surface area contributed by atoms with Crippen LogP contribution in [0.3, 0.4) is 0 Å². The third-order valence-electron chi connectivity index (χ3n) is 3.59. The van der Waals surface area contributed by atoms with Gasteiger partial charge < -0.3 is 10.2 Å². The van der Waals surface area contributed by atoms with E-state index in [-0.39, 0.29) is 0 Å². The molecule has 2 nitrogen and oxygen atoms in total. The molecule has 108 valence electrons. The lowest BCUT2D eigenvalue weighted by Crippen LogP contribution is -2.28. The van der Waals surface area contributed by atoms with Crippen molar-refractivity contribution in [2.24, 2.45) is 5.92 Å². The van der Waals surface area contributed by atoms with Crippen LogP contribution in [0.2, 0.25) is 0 Å². The summed E-state index contributed by atoms with van der Waals surface area (Å²) in [5.41, 5.74) is 2.68. The minimum Gasteiger partial charge on any atom is -0.372 e. The van der Waals surface area contributed by atoms with Crippen molar-refractivity contribution in [3.05, 3.63) is 29.8 Å². The second-order valence-corrected chi connectivity index (χ2v) is 5.94. The van der Waals surface area contributed by atoms with Crippen LogP contribution in [0.1, 0.15) is 46.1 Å². The molecule has 0 aliphatic rings. The summed E-state index contributed by atoms with van der Waals surface area (Å²) in [6, 6.07) is 9.54. The molecule has 1 unspecified atom stereocenters. The number of anilines is 1. The largest absolute Gasteiger partial charge is 0.372 e. The smallest absolute Gasteiger partial charge is 0.0366 e. The van der Waals surface area contributed by atoms with Gasteiger partial charge in [-0.1, -0.05) is 39.3 Å². The molecular formula is C17H30N2. The quantitative estimate of drug-likeness (QED) is 0.760. The summed E-state index contributed by atoms with van der Waals surface area (Å²) in [7, 11) is 2.19. The summed E-state index contributed by atoms with van der Waals surface area (Å²) in [5.74, 6) is 0.709. The lowest BCUT2D eigenvalue weighted by Gasteiger charge is -2.27. The summed E-state index contributed by atoms with van der Waals surface area (Å²) in [4.78, 5) is 2.37. The van der Waals surface area contributed by atoms with E-state index >= 15 is 0 Å². The first-order chi connectivity index (χ1) is 9.04. The van der Waals surface area contributed by atoms with Crippen LogP contribution in [0.4, 0.5) is 5.69 Å². The van der Waals surface area contributed by atoms with E-state index in [4.69, 9.17) is 0 Å². The molecule has 0 aromatic heterocycles. The molecule has 0 amide bonds. The lowest BCUT2D eigenvalue weighted by atomic mass is 10.1. The fraction of sp³-hybridized carbons (Fsp3) is 0.647. The zero-order chi connectivity index (χ0) is 14.3. The van der Waals surface area contributed by atoms with Gasteiger partial charge in [-0.15, -0.1) is 0 Å². The third kappa shape index (κ3) is 5.65. The highest BCUT2D eigenvalue weighted by Gasteiger charge is 2.08. The maximum atomic E-state index is 3.48. The molecule has 1 atom stereocenters. The summed E-state index contributed by atoms with van der Waals surface area (Å²) in [5, 5.41) is 3.48. The molecule has 1 aromatic rings. The van der Waals surface area contributed by atoms with Gasteiger partial charge in [-0.05, 0) is 43.5 Å². The second kappa shape index (κ2) is 8.21. The Kier molecular flexibility index (Phi) is 6.93.